The van der Waals surface area contributed by atoms with Gasteiger partial charge in [0, 0.05) is 21.8 Å². The molecule has 7 heteroatoms. The lowest BCUT2D eigenvalue weighted by atomic mass is 10.1. The molecule has 32 heavy (non-hydrogen) atoms. The summed E-state index contributed by atoms with van der Waals surface area (Å²) in [5, 5.41) is 2.64. The molecule has 0 aliphatic rings. The normalized spacial score (nSPS) is 10.4. The number of nitrogens with one attached hydrogen (secondary N) is 1. The third-order valence-electron chi connectivity index (χ3n) is 4.60. The SMILES string of the molecule is O=C(CNC(=O)c1ccccc1OCC(=O)Cc1ccc(Br)cc1)Cc1ccc(Br)cc1. The second-order valence-corrected chi connectivity index (χ2v) is 8.98. The monoisotopic (exact) mass is 557 g/mol. The van der Waals surface area contributed by atoms with Gasteiger partial charge in [-0.3, -0.25) is 14.4 Å². The molecule has 0 bridgehead atoms. The Hall–Kier alpha value is -2.77. The van der Waals surface area contributed by atoms with Crippen LogP contribution in [-0.2, 0) is 22.4 Å². The topological polar surface area (TPSA) is 72.5 Å². The first-order valence-electron chi connectivity index (χ1n) is 9.93. The lowest BCUT2D eigenvalue weighted by molar-refractivity contribution is -0.120. The van der Waals surface area contributed by atoms with Gasteiger partial charge in [0.2, 0.25) is 0 Å². The molecule has 3 aromatic carbocycles. The third kappa shape index (κ3) is 7.43. The van der Waals surface area contributed by atoms with E-state index >= 15 is 0 Å². The number of para-hydroxylation sites is 1. The highest BCUT2D eigenvalue weighted by atomic mass is 79.9. The van der Waals surface area contributed by atoms with Crippen molar-refractivity contribution in [3.8, 4) is 5.75 Å². The molecule has 0 heterocycles. The van der Waals surface area contributed by atoms with Crippen LogP contribution in [0.4, 0.5) is 0 Å². The molecule has 3 aromatic rings. The van der Waals surface area contributed by atoms with Gasteiger partial charge in [-0.15, -0.1) is 0 Å². The standard InChI is InChI=1S/C25H21Br2NO4/c26-19-9-5-17(6-10-19)13-21(29)15-28-25(31)23-3-1-2-4-24(23)32-16-22(30)14-18-7-11-20(27)12-8-18/h1-12H,13-16H2,(H,28,31). The largest absolute Gasteiger partial charge is 0.485 e. The fourth-order valence-corrected chi connectivity index (χ4v) is 3.51. The Morgan fingerprint density at radius 3 is 1.84 bits per heavy atom. The fourth-order valence-electron chi connectivity index (χ4n) is 2.99. The molecule has 1 amide bonds. The van der Waals surface area contributed by atoms with Crippen LogP contribution in [-0.4, -0.2) is 30.6 Å². The molecule has 0 radical (unpaired) electrons. The van der Waals surface area contributed by atoms with Gasteiger partial charge in [0.15, 0.2) is 11.6 Å². The van der Waals surface area contributed by atoms with Gasteiger partial charge in [0.05, 0.1) is 12.1 Å². The van der Waals surface area contributed by atoms with Crippen LogP contribution < -0.4 is 10.1 Å². The van der Waals surface area contributed by atoms with Gasteiger partial charge in [-0.2, -0.15) is 0 Å². The fraction of sp³-hybridized carbons (Fsp3) is 0.160. The Bertz CT molecular complexity index is 1100. The Morgan fingerprint density at radius 2 is 1.25 bits per heavy atom. The first-order chi connectivity index (χ1) is 15.4. The van der Waals surface area contributed by atoms with Crippen LogP contribution in [0, 0.1) is 0 Å². The number of benzene rings is 3. The minimum atomic E-state index is -0.426. The molecule has 0 saturated heterocycles. The van der Waals surface area contributed by atoms with E-state index in [9.17, 15) is 14.4 Å². The summed E-state index contributed by atoms with van der Waals surface area (Å²) in [6.07, 6.45) is 0.475. The molecule has 1 N–H and O–H groups in total. The van der Waals surface area contributed by atoms with Crippen molar-refractivity contribution >= 4 is 49.3 Å². The van der Waals surface area contributed by atoms with Crippen LogP contribution in [0.5, 0.6) is 5.75 Å². The van der Waals surface area contributed by atoms with Crippen LogP contribution in [0.25, 0.3) is 0 Å². The quantitative estimate of drug-likeness (QED) is 0.382. The van der Waals surface area contributed by atoms with E-state index in [-0.39, 0.29) is 43.1 Å². The number of halogens is 2. The van der Waals surface area contributed by atoms with Crippen molar-refractivity contribution in [3.63, 3.8) is 0 Å². The predicted octanol–water partition coefficient (Wildman–Crippen LogP) is 4.94. The van der Waals surface area contributed by atoms with Crippen LogP contribution in [0.15, 0.2) is 81.7 Å². The van der Waals surface area contributed by atoms with E-state index in [1.165, 1.54) is 0 Å². The van der Waals surface area contributed by atoms with E-state index in [1.54, 1.807) is 24.3 Å². The van der Waals surface area contributed by atoms with Crippen LogP contribution >= 0.6 is 31.9 Å². The number of rotatable bonds is 10. The second-order valence-electron chi connectivity index (χ2n) is 7.15. The first kappa shape index (κ1) is 23.9. The second kappa shape index (κ2) is 11.7. The van der Waals surface area contributed by atoms with E-state index in [0.29, 0.717) is 5.75 Å². The van der Waals surface area contributed by atoms with Gasteiger partial charge in [-0.25, -0.2) is 0 Å². The highest BCUT2D eigenvalue weighted by Crippen LogP contribution is 2.18. The molecular formula is C25H21Br2NO4. The summed E-state index contributed by atoms with van der Waals surface area (Å²) in [5.74, 6) is -0.337. The van der Waals surface area contributed by atoms with Crippen molar-refractivity contribution in [2.75, 3.05) is 13.2 Å². The number of amides is 1. The van der Waals surface area contributed by atoms with E-state index in [2.05, 4.69) is 37.2 Å². The molecule has 0 spiro atoms. The lowest BCUT2D eigenvalue weighted by Crippen LogP contribution is -2.30. The van der Waals surface area contributed by atoms with Crippen molar-refractivity contribution in [1.82, 2.24) is 5.32 Å². The number of hydrogen-bond acceptors (Lipinski definition) is 4. The maximum Gasteiger partial charge on any atom is 0.255 e. The van der Waals surface area contributed by atoms with E-state index in [4.69, 9.17) is 4.74 Å². The maximum absolute atomic E-state index is 12.6. The van der Waals surface area contributed by atoms with Crippen LogP contribution in [0.3, 0.4) is 0 Å². The number of ether oxygens (including phenoxy) is 1. The van der Waals surface area contributed by atoms with E-state index < -0.39 is 5.91 Å². The van der Waals surface area contributed by atoms with E-state index in [1.807, 2.05) is 48.5 Å². The summed E-state index contributed by atoms with van der Waals surface area (Å²) in [6, 6.07) is 21.6. The molecule has 0 atom stereocenters. The smallest absolute Gasteiger partial charge is 0.255 e. The Labute approximate surface area is 203 Å². The average Bonchev–Trinajstić information content (AvgIpc) is 2.79. The molecule has 0 aromatic heterocycles. The highest BCUT2D eigenvalue weighted by molar-refractivity contribution is 9.10. The molecule has 5 nitrogen and oxygen atoms in total. The Kier molecular flexibility index (Phi) is 8.76. The van der Waals surface area contributed by atoms with Crippen molar-refractivity contribution < 1.29 is 19.1 Å². The summed E-state index contributed by atoms with van der Waals surface area (Å²) in [7, 11) is 0. The maximum atomic E-state index is 12.6. The molecule has 164 valence electrons. The predicted molar refractivity (Wildman–Crippen MR) is 130 cm³/mol. The summed E-state index contributed by atoms with van der Waals surface area (Å²) < 4.78 is 7.50. The zero-order valence-electron chi connectivity index (χ0n) is 17.1. The van der Waals surface area contributed by atoms with E-state index in [0.717, 1.165) is 20.1 Å². The summed E-state index contributed by atoms with van der Waals surface area (Å²) in [4.78, 5) is 37.1. The summed E-state index contributed by atoms with van der Waals surface area (Å²) in [5.41, 5.74) is 2.04. The number of ketones is 2. The van der Waals surface area contributed by atoms with Crippen molar-refractivity contribution in [2.45, 2.75) is 12.8 Å². The van der Waals surface area contributed by atoms with Crippen molar-refractivity contribution in [2.24, 2.45) is 0 Å². The molecule has 0 saturated carbocycles. The molecule has 0 fully saturated rings. The molecule has 0 aliphatic heterocycles. The minimum Gasteiger partial charge on any atom is -0.485 e. The van der Waals surface area contributed by atoms with Gasteiger partial charge in [-0.05, 0) is 47.5 Å². The molecule has 3 rings (SSSR count). The van der Waals surface area contributed by atoms with Gasteiger partial charge >= 0.3 is 0 Å². The van der Waals surface area contributed by atoms with Gasteiger partial charge < -0.3 is 10.1 Å². The Morgan fingerprint density at radius 1 is 0.719 bits per heavy atom. The zero-order chi connectivity index (χ0) is 22.9. The van der Waals surface area contributed by atoms with Crippen LogP contribution in [0.1, 0.15) is 21.5 Å². The number of Topliss-reactive ketones (excluding diaryl/α,β-unsaturated/α-hetero) is 2. The average molecular weight is 559 g/mol. The molecular weight excluding hydrogens is 538 g/mol. The molecule has 0 aliphatic carbocycles. The minimum absolute atomic E-state index is 0.0915. The third-order valence-corrected chi connectivity index (χ3v) is 5.65. The lowest BCUT2D eigenvalue weighted by Gasteiger charge is -2.11. The van der Waals surface area contributed by atoms with Gasteiger partial charge in [-0.1, -0.05) is 68.3 Å². The number of carbonyl (C=O) groups is 3. The van der Waals surface area contributed by atoms with Gasteiger partial charge in [0.1, 0.15) is 12.4 Å². The highest BCUT2D eigenvalue weighted by Gasteiger charge is 2.15. The molecule has 0 unspecified atom stereocenters. The first-order valence-corrected chi connectivity index (χ1v) is 11.5. The van der Waals surface area contributed by atoms with Gasteiger partial charge in [0.25, 0.3) is 5.91 Å². The van der Waals surface area contributed by atoms with Crippen LogP contribution in [0.2, 0.25) is 0 Å². The number of hydrogen-bond donors (Lipinski definition) is 1. The Balaban J connectivity index is 1.52. The van der Waals surface area contributed by atoms with Crippen molar-refractivity contribution in [1.29, 1.82) is 0 Å². The zero-order valence-corrected chi connectivity index (χ0v) is 20.3. The van der Waals surface area contributed by atoms with Crippen molar-refractivity contribution in [3.05, 3.63) is 98.4 Å². The number of carbonyl (C=O) groups excluding carboxylic acids is 3. The summed E-state index contributed by atoms with van der Waals surface area (Å²) in [6.45, 7) is -0.241. The summed E-state index contributed by atoms with van der Waals surface area (Å²) >= 11 is 6.72.